The first kappa shape index (κ1) is 12.3. The van der Waals surface area contributed by atoms with Crippen LogP contribution in [-0.2, 0) is 5.41 Å². The largest absolute Gasteiger partial charge is 0.495 e. The van der Waals surface area contributed by atoms with Crippen LogP contribution in [0.4, 0.5) is 0 Å². The maximum Gasteiger partial charge on any atom is 0.141 e. The summed E-state index contributed by atoms with van der Waals surface area (Å²) in [7, 11) is 1.59. The normalized spacial score (nSPS) is 11.6. The maximum absolute atomic E-state index is 9.35. The van der Waals surface area contributed by atoms with E-state index in [2.05, 4.69) is 0 Å². The fraction of sp³-hybridized carbons (Fsp3) is 0.500. The van der Waals surface area contributed by atoms with E-state index >= 15 is 0 Å². The van der Waals surface area contributed by atoms with Gasteiger partial charge in [-0.1, -0.05) is 31.5 Å². The molecule has 0 atom stereocenters. The molecule has 0 spiro atoms. The molecule has 0 radical (unpaired) electrons. The predicted molar refractivity (Wildman–Crippen MR) is 62.9 cm³/mol. The Labute approximate surface area is 95.8 Å². The zero-order chi connectivity index (χ0) is 11.6. The number of aliphatic hydroxyl groups excluding tert-OH is 1. The first-order valence-electron chi connectivity index (χ1n) is 4.88. The van der Waals surface area contributed by atoms with Gasteiger partial charge >= 0.3 is 0 Å². The van der Waals surface area contributed by atoms with Crippen molar-refractivity contribution in [1.82, 2.24) is 0 Å². The molecule has 1 aromatic carbocycles. The van der Waals surface area contributed by atoms with Gasteiger partial charge in [-0.2, -0.15) is 0 Å². The zero-order valence-corrected chi connectivity index (χ0v) is 10.4. The van der Waals surface area contributed by atoms with Crippen LogP contribution >= 0.6 is 11.6 Å². The summed E-state index contributed by atoms with van der Waals surface area (Å²) < 4.78 is 5.28. The molecule has 1 rings (SSSR count). The number of rotatable bonds is 3. The summed E-state index contributed by atoms with van der Waals surface area (Å²) in [6.07, 6.45) is 0. The van der Waals surface area contributed by atoms with Gasteiger partial charge in [-0.15, -0.1) is 0 Å². The average molecular weight is 229 g/mol. The summed E-state index contributed by atoms with van der Waals surface area (Å²) in [5.41, 5.74) is 1.66. The van der Waals surface area contributed by atoms with Crippen molar-refractivity contribution in [2.45, 2.75) is 26.2 Å². The van der Waals surface area contributed by atoms with Crippen LogP contribution in [0.2, 0.25) is 5.02 Å². The predicted octanol–water partition coefficient (Wildman–Crippen LogP) is 2.93. The van der Waals surface area contributed by atoms with E-state index in [9.17, 15) is 5.11 Å². The molecule has 0 bridgehead atoms. The third-order valence-corrected chi connectivity index (χ3v) is 2.80. The molecular weight excluding hydrogens is 212 g/mol. The number of aliphatic hydroxyl groups is 1. The highest BCUT2D eigenvalue weighted by Crippen LogP contribution is 2.37. The lowest BCUT2D eigenvalue weighted by Gasteiger charge is -2.25. The van der Waals surface area contributed by atoms with Gasteiger partial charge in [0.05, 0.1) is 18.7 Å². The van der Waals surface area contributed by atoms with E-state index in [1.807, 2.05) is 32.9 Å². The van der Waals surface area contributed by atoms with Gasteiger partial charge in [0.25, 0.3) is 0 Å². The van der Waals surface area contributed by atoms with Crippen LogP contribution in [0.5, 0.6) is 5.75 Å². The summed E-state index contributed by atoms with van der Waals surface area (Å²) in [5, 5.41) is 9.94. The van der Waals surface area contributed by atoms with Crippen molar-refractivity contribution in [3.05, 3.63) is 28.3 Å². The smallest absolute Gasteiger partial charge is 0.141 e. The van der Waals surface area contributed by atoms with E-state index in [4.69, 9.17) is 16.3 Å². The molecule has 1 N–H and O–H groups in total. The van der Waals surface area contributed by atoms with Crippen LogP contribution < -0.4 is 4.74 Å². The maximum atomic E-state index is 9.35. The van der Waals surface area contributed by atoms with Crippen LogP contribution in [0.1, 0.15) is 25.0 Å². The fourth-order valence-electron chi connectivity index (χ4n) is 1.52. The fourth-order valence-corrected chi connectivity index (χ4v) is 1.88. The standard InChI is InChI=1S/C12H17ClO2/c1-8-5-9(12(2,3)7-14)11(15-4)10(13)6-8/h5-6,14H,7H2,1-4H3. The monoisotopic (exact) mass is 228 g/mol. The van der Waals surface area contributed by atoms with E-state index in [-0.39, 0.29) is 12.0 Å². The van der Waals surface area contributed by atoms with E-state index < -0.39 is 0 Å². The van der Waals surface area contributed by atoms with E-state index in [0.717, 1.165) is 11.1 Å². The second kappa shape index (κ2) is 4.42. The third kappa shape index (κ3) is 2.44. The van der Waals surface area contributed by atoms with Crippen LogP contribution in [0, 0.1) is 6.92 Å². The number of hydrogen-bond donors (Lipinski definition) is 1. The quantitative estimate of drug-likeness (QED) is 0.862. The molecular formula is C12H17ClO2. The van der Waals surface area contributed by atoms with Crippen molar-refractivity contribution in [3.63, 3.8) is 0 Å². The van der Waals surface area contributed by atoms with Crippen molar-refractivity contribution in [1.29, 1.82) is 0 Å². The Morgan fingerprint density at radius 3 is 2.47 bits per heavy atom. The summed E-state index contributed by atoms with van der Waals surface area (Å²) in [5.74, 6) is 0.654. The number of aryl methyl sites for hydroxylation is 1. The number of ether oxygens (including phenoxy) is 1. The molecule has 0 aromatic heterocycles. The van der Waals surface area contributed by atoms with Crippen molar-refractivity contribution in [2.24, 2.45) is 0 Å². The lowest BCUT2D eigenvalue weighted by Crippen LogP contribution is -2.23. The second-order valence-corrected chi connectivity index (χ2v) is 4.78. The number of benzene rings is 1. The van der Waals surface area contributed by atoms with Crippen molar-refractivity contribution in [3.8, 4) is 5.75 Å². The minimum atomic E-state index is -0.346. The Morgan fingerprint density at radius 1 is 1.40 bits per heavy atom. The molecule has 1 aromatic rings. The zero-order valence-electron chi connectivity index (χ0n) is 9.60. The lowest BCUT2D eigenvalue weighted by atomic mass is 9.84. The van der Waals surface area contributed by atoms with Gasteiger partial charge in [0.1, 0.15) is 5.75 Å². The first-order valence-corrected chi connectivity index (χ1v) is 5.25. The summed E-state index contributed by atoms with van der Waals surface area (Å²) >= 11 is 6.09. The van der Waals surface area contributed by atoms with Gasteiger partial charge in [-0.25, -0.2) is 0 Å². The molecule has 2 nitrogen and oxygen atoms in total. The minimum absolute atomic E-state index is 0.0587. The lowest BCUT2D eigenvalue weighted by molar-refractivity contribution is 0.215. The molecule has 0 amide bonds. The molecule has 0 aliphatic heterocycles. The van der Waals surface area contributed by atoms with E-state index in [1.165, 1.54) is 0 Å². The summed E-state index contributed by atoms with van der Waals surface area (Å²) in [6.45, 7) is 5.95. The molecule has 0 unspecified atom stereocenters. The Morgan fingerprint density at radius 2 is 2.00 bits per heavy atom. The third-order valence-electron chi connectivity index (χ3n) is 2.52. The highest BCUT2D eigenvalue weighted by Gasteiger charge is 2.25. The highest BCUT2D eigenvalue weighted by molar-refractivity contribution is 6.32. The number of halogens is 1. The topological polar surface area (TPSA) is 29.5 Å². The summed E-state index contributed by atoms with van der Waals surface area (Å²) in [6, 6.07) is 3.86. The Bertz CT molecular complexity index is 359. The molecule has 0 heterocycles. The Hall–Kier alpha value is -0.730. The van der Waals surface area contributed by atoms with Crippen molar-refractivity contribution in [2.75, 3.05) is 13.7 Å². The van der Waals surface area contributed by atoms with E-state index in [0.29, 0.717) is 10.8 Å². The van der Waals surface area contributed by atoms with Crippen LogP contribution in [0.25, 0.3) is 0 Å². The van der Waals surface area contributed by atoms with Crippen LogP contribution in [0.15, 0.2) is 12.1 Å². The molecule has 0 aliphatic carbocycles. The molecule has 0 saturated carbocycles. The van der Waals surface area contributed by atoms with Crippen molar-refractivity contribution >= 4 is 11.6 Å². The highest BCUT2D eigenvalue weighted by atomic mass is 35.5. The molecule has 0 aliphatic rings. The van der Waals surface area contributed by atoms with Gasteiger partial charge in [0.15, 0.2) is 0 Å². The molecule has 0 fully saturated rings. The number of methoxy groups -OCH3 is 1. The van der Waals surface area contributed by atoms with Crippen molar-refractivity contribution < 1.29 is 9.84 Å². The molecule has 15 heavy (non-hydrogen) atoms. The second-order valence-electron chi connectivity index (χ2n) is 4.37. The SMILES string of the molecule is COc1c(Cl)cc(C)cc1C(C)(C)CO. The summed E-state index contributed by atoms with van der Waals surface area (Å²) in [4.78, 5) is 0. The molecule has 3 heteroatoms. The Kier molecular flexibility index (Phi) is 3.63. The van der Waals surface area contributed by atoms with Crippen LogP contribution in [-0.4, -0.2) is 18.8 Å². The number of hydrogen-bond acceptors (Lipinski definition) is 2. The van der Waals surface area contributed by atoms with Gasteiger partial charge in [-0.05, 0) is 18.6 Å². The minimum Gasteiger partial charge on any atom is -0.495 e. The first-order chi connectivity index (χ1) is 6.92. The van der Waals surface area contributed by atoms with Gasteiger partial charge in [0.2, 0.25) is 0 Å². The molecule has 0 saturated heterocycles. The molecule has 84 valence electrons. The van der Waals surface area contributed by atoms with Gasteiger partial charge in [0, 0.05) is 11.0 Å². The van der Waals surface area contributed by atoms with Gasteiger partial charge in [-0.3, -0.25) is 0 Å². The van der Waals surface area contributed by atoms with E-state index in [1.54, 1.807) is 7.11 Å². The average Bonchev–Trinajstić information content (AvgIpc) is 2.16. The Balaban J connectivity index is 3.39. The van der Waals surface area contributed by atoms with Gasteiger partial charge < -0.3 is 9.84 Å². The van der Waals surface area contributed by atoms with Crippen LogP contribution in [0.3, 0.4) is 0 Å².